The summed E-state index contributed by atoms with van der Waals surface area (Å²) in [7, 11) is -3.78. The third-order valence-corrected chi connectivity index (χ3v) is 5.41. The molecule has 0 unspecified atom stereocenters. The number of ether oxygens (including phenoxy) is 1. The normalized spacial score (nSPS) is 11.4. The van der Waals surface area contributed by atoms with E-state index in [1.165, 1.54) is 12.1 Å². The highest BCUT2D eigenvalue weighted by Crippen LogP contribution is 2.26. The summed E-state index contributed by atoms with van der Waals surface area (Å²) >= 11 is 0. The van der Waals surface area contributed by atoms with E-state index < -0.39 is 10.0 Å². The number of rotatable bonds is 9. The van der Waals surface area contributed by atoms with Gasteiger partial charge in [-0.25, -0.2) is 18.4 Å². The highest BCUT2D eigenvalue weighted by Gasteiger charge is 2.19. The lowest BCUT2D eigenvalue weighted by molar-refractivity contribution is 0.295. The molecule has 0 saturated heterocycles. The lowest BCUT2D eigenvalue weighted by Gasteiger charge is -2.13. The lowest BCUT2D eigenvalue weighted by Crippen LogP contribution is -2.16. The fourth-order valence-electron chi connectivity index (χ4n) is 2.63. The second-order valence-electron chi connectivity index (χ2n) is 6.19. The Morgan fingerprint density at radius 2 is 1.56 bits per heavy atom. The molecule has 2 aromatic carbocycles. The van der Waals surface area contributed by atoms with Crippen molar-refractivity contribution in [3.8, 4) is 5.88 Å². The van der Waals surface area contributed by atoms with Gasteiger partial charge >= 0.3 is 0 Å². The number of fused-ring (bicyclic) bond motifs is 1. The van der Waals surface area contributed by atoms with E-state index in [1.807, 2.05) is 18.2 Å². The van der Waals surface area contributed by atoms with Crippen LogP contribution in [0.2, 0.25) is 0 Å². The molecule has 0 atom stereocenters. The van der Waals surface area contributed by atoms with E-state index in [4.69, 9.17) is 4.74 Å². The van der Waals surface area contributed by atoms with Gasteiger partial charge in [0.2, 0.25) is 5.82 Å². The van der Waals surface area contributed by atoms with Crippen LogP contribution in [-0.4, -0.2) is 25.0 Å². The van der Waals surface area contributed by atoms with E-state index in [1.54, 1.807) is 24.3 Å². The lowest BCUT2D eigenvalue weighted by atomic mass is 10.2. The van der Waals surface area contributed by atoms with Crippen molar-refractivity contribution in [2.75, 3.05) is 11.3 Å². The number of nitrogens with zero attached hydrogens (tertiary/aromatic N) is 2. The molecule has 3 aromatic rings. The molecular weight excluding hydrogens is 362 g/mol. The van der Waals surface area contributed by atoms with Crippen LogP contribution < -0.4 is 9.46 Å². The van der Waals surface area contributed by atoms with Crippen molar-refractivity contribution in [1.82, 2.24) is 9.97 Å². The molecule has 142 valence electrons. The van der Waals surface area contributed by atoms with E-state index in [-0.39, 0.29) is 16.6 Å². The zero-order chi connectivity index (χ0) is 19.1. The highest BCUT2D eigenvalue weighted by molar-refractivity contribution is 7.92. The number of unbranched alkanes of at least 4 members (excludes halogenated alkanes) is 3. The van der Waals surface area contributed by atoms with Gasteiger partial charge in [-0.1, -0.05) is 56.5 Å². The Hall–Kier alpha value is -2.67. The van der Waals surface area contributed by atoms with Crippen molar-refractivity contribution in [3.63, 3.8) is 0 Å². The molecule has 7 heteroatoms. The van der Waals surface area contributed by atoms with Gasteiger partial charge in [0.25, 0.3) is 15.9 Å². The van der Waals surface area contributed by atoms with Crippen molar-refractivity contribution in [1.29, 1.82) is 0 Å². The van der Waals surface area contributed by atoms with Gasteiger partial charge in [-0.3, -0.25) is 4.72 Å². The molecule has 0 aliphatic carbocycles. The standard InChI is InChI=1S/C20H23N3O3S/c1-2-3-4-10-15-26-20-19(21-17-13-8-9-14-18(17)22-20)23-27(24,25)16-11-6-5-7-12-16/h5-9,11-14H,2-4,10,15H2,1H3,(H,21,23). The van der Waals surface area contributed by atoms with Crippen molar-refractivity contribution in [3.05, 3.63) is 54.6 Å². The van der Waals surface area contributed by atoms with Crippen LogP contribution in [-0.2, 0) is 10.0 Å². The first-order chi connectivity index (χ1) is 13.1. The van der Waals surface area contributed by atoms with Gasteiger partial charge in [0.1, 0.15) is 0 Å². The van der Waals surface area contributed by atoms with Gasteiger partial charge in [-0.05, 0) is 30.7 Å². The van der Waals surface area contributed by atoms with Crippen LogP contribution in [0.1, 0.15) is 32.6 Å². The Kier molecular flexibility index (Phi) is 6.24. The predicted molar refractivity (Wildman–Crippen MR) is 106 cm³/mol. The van der Waals surface area contributed by atoms with Gasteiger partial charge in [0, 0.05) is 0 Å². The molecule has 0 saturated carbocycles. The number of nitrogens with one attached hydrogen (secondary N) is 1. The molecule has 0 aliphatic rings. The van der Waals surface area contributed by atoms with Crippen molar-refractivity contribution < 1.29 is 13.2 Å². The van der Waals surface area contributed by atoms with Crippen LogP contribution in [0, 0.1) is 0 Å². The van der Waals surface area contributed by atoms with Crippen molar-refractivity contribution in [2.24, 2.45) is 0 Å². The molecule has 0 radical (unpaired) electrons. The first-order valence-electron chi connectivity index (χ1n) is 9.07. The van der Waals surface area contributed by atoms with E-state index in [0.29, 0.717) is 17.6 Å². The van der Waals surface area contributed by atoms with Crippen molar-refractivity contribution >= 4 is 26.9 Å². The van der Waals surface area contributed by atoms with Crippen molar-refractivity contribution in [2.45, 2.75) is 37.5 Å². The number of hydrogen-bond acceptors (Lipinski definition) is 5. The Morgan fingerprint density at radius 1 is 0.889 bits per heavy atom. The van der Waals surface area contributed by atoms with E-state index in [0.717, 1.165) is 25.7 Å². The second-order valence-corrected chi connectivity index (χ2v) is 7.88. The maximum atomic E-state index is 12.7. The van der Waals surface area contributed by atoms with Crippen LogP contribution in [0.3, 0.4) is 0 Å². The molecular formula is C20H23N3O3S. The molecule has 1 N–H and O–H groups in total. The molecule has 0 bridgehead atoms. The van der Waals surface area contributed by atoms with E-state index in [9.17, 15) is 8.42 Å². The number of anilines is 1. The SMILES string of the molecule is CCCCCCOc1nc2ccccc2nc1NS(=O)(=O)c1ccccc1. The highest BCUT2D eigenvalue weighted by atomic mass is 32.2. The zero-order valence-electron chi connectivity index (χ0n) is 15.3. The average molecular weight is 385 g/mol. The number of para-hydroxylation sites is 2. The minimum Gasteiger partial charge on any atom is -0.475 e. The first kappa shape index (κ1) is 19.1. The average Bonchev–Trinajstić information content (AvgIpc) is 2.68. The quantitative estimate of drug-likeness (QED) is 0.553. The van der Waals surface area contributed by atoms with Crippen LogP contribution >= 0.6 is 0 Å². The minimum atomic E-state index is -3.78. The fourth-order valence-corrected chi connectivity index (χ4v) is 3.66. The number of hydrogen-bond donors (Lipinski definition) is 1. The molecule has 3 rings (SSSR count). The van der Waals surface area contributed by atoms with Gasteiger partial charge in [-0.15, -0.1) is 0 Å². The third-order valence-electron chi connectivity index (χ3n) is 4.06. The maximum Gasteiger partial charge on any atom is 0.263 e. The molecule has 1 aromatic heterocycles. The van der Waals surface area contributed by atoms with Crippen LogP contribution in [0.15, 0.2) is 59.5 Å². The summed E-state index contributed by atoms with van der Waals surface area (Å²) < 4.78 is 33.6. The molecule has 6 nitrogen and oxygen atoms in total. The van der Waals surface area contributed by atoms with Gasteiger partial charge in [-0.2, -0.15) is 0 Å². The zero-order valence-corrected chi connectivity index (χ0v) is 16.1. The van der Waals surface area contributed by atoms with E-state index >= 15 is 0 Å². The molecule has 0 amide bonds. The smallest absolute Gasteiger partial charge is 0.263 e. The largest absolute Gasteiger partial charge is 0.475 e. The predicted octanol–water partition coefficient (Wildman–Crippen LogP) is 4.39. The molecule has 1 heterocycles. The maximum absolute atomic E-state index is 12.7. The first-order valence-corrected chi connectivity index (χ1v) is 10.6. The minimum absolute atomic E-state index is 0.105. The fraction of sp³-hybridized carbons (Fsp3) is 0.300. The van der Waals surface area contributed by atoms with Gasteiger partial charge in [0.05, 0.1) is 22.5 Å². The summed E-state index contributed by atoms with van der Waals surface area (Å²) in [5.41, 5.74) is 1.25. The van der Waals surface area contributed by atoms with Crippen LogP contribution in [0.5, 0.6) is 5.88 Å². The molecule has 0 fully saturated rings. The Balaban J connectivity index is 1.88. The molecule has 0 spiro atoms. The van der Waals surface area contributed by atoms with Gasteiger partial charge in [0.15, 0.2) is 0 Å². The number of sulfonamides is 1. The van der Waals surface area contributed by atoms with Crippen LogP contribution in [0.4, 0.5) is 5.82 Å². The summed E-state index contributed by atoms with van der Waals surface area (Å²) in [6.45, 7) is 2.61. The van der Waals surface area contributed by atoms with Crippen LogP contribution in [0.25, 0.3) is 11.0 Å². The summed E-state index contributed by atoms with van der Waals surface area (Å²) in [6.07, 6.45) is 4.22. The topological polar surface area (TPSA) is 81.2 Å². The summed E-state index contributed by atoms with van der Waals surface area (Å²) in [5.74, 6) is 0.303. The second kappa shape index (κ2) is 8.81. The summed E-state index contributed by atoms with van der Waals surface area (Å²) in [4.78, 5) is 9.04. The Morgan fingerprint density at radius 3 is 2.26 bits per heavy atom. The molecule has 0 aliphatic heterocycles. The molecule has 27 heavy (non-hydrogen) atoms. The third kappa shape index (κ3) is 4.95. The number of aromatic nitrogens is 2. The number of benzene rings is 2. The van der Waals surface area contributed by atoms with E-state index in [2.05, 4.69) is 21.6 Å². The van der Waals surface area contributed by atoms with Gasteiger partial charge < -0.3 is 4.74 Å². The monoisotopic (exact) mass is 385 g/mol. The Labute approximate surface area is 159 Å². The summed E-state index contributed by atoms with van der Waals surface area (Å²) in [5, 5.41) is 0. The summed E-state index contributed by atoms with van der Waals surface area (Å²) in [6, 6.07) is 15.5. The Bertz CT molecular complexity index is 992.